The van der Waals surface area contributed by atoms with Crippen molar-refractivity contribution < 1.29 is 9.53 Å². The molecule has 0 spiro atoms. The Morgan fingerprint density at radius 1 is 1.12 bits per heavy atom. The van der Waals surface area contributed by atoms with Crippen molar-refractivity contribution in [1.82, 2.24) is 0 Å². The van der Waals surface area contributed by atoms with E-state index in [0.29, 0.717) is 12.2 Å². The van der Waals surface area contributed by atoms with Crippen LogP contribution in [-0.2, 0) is 9.53 Å². The molecule has 2 heteroatoms. The molecule has 0 saturated carbocycles. The van der Waals surface area contributed by atoms with Gasteiger partial charge in [0.05, 0.1) is 6.61 Å². The third kappa shape index (κ3) is 8.27. The van der Waals surface area contributed by atoms with Gasteiger partial charge in [0.15, 0.2) is 0 Å². The molecule has 0 aromatic carbocycles. The molecule has 0 unspecified atom stereocenters. The largest absolute Gasteiger partial charge is 0.462 e. The number of carbonyl (C=O) groups excluding carboxylic acids is 1. The molecule has 0 atom stereocenters. The summed E-state index contributed by atoms with van der Waals surface area (Å²) in [5, 5.41) is 0. The minimum Gasteiger partial charge on any atom is -0.462 e. The molecular formula is C14H24O2. The van der Waals surface area contributed by atoms with E-state index in [1.807, 2.05) is 13.8 Å². The molecule has 0 aliphatic rings. The van der Waals surface area contributed by atoms with Gasteiger partial charge in [0.1, 0.15) is 0 Å². The van der Waals surface area contributed by atoms with Gasteiger partial charge in [-0.15, -0.1) is 0 Å². The molecule has 0 fully saturated rings. The van der Waals surface area contributed by atoms with Crippen LogP contribution in [0.2, 0.25) is 0 Å². The molecule has 0 N–H and O–H groups in total. The zero-order valence-corrected chi connectivity index (χ0v) is 10.8. The third-order valence-electron chi connectivity index (χ3n) is 2.49. The van der Waals surface area contributed by atoms with Gasteiger partial charge in [-0.1, -0.05) is 31.1 Å². The fraction of sp³-hybridized carbons (Fsp3) is 0.643. The van der Waals surface area contributed by atoms with Crippen LogP contribution in [0.4, 0.5) is 0 Å². The summed E-state index contributed by atoms with van der Waals surface area (Å²) in [5.41, 5.74) is 0.688. The van der Waals surface area contributed by atoms with Crippen molar-refractivity contribution in [2.45, 2.75) is 52.9 Å². The number of hydrogen-bond donors (Lipinski definition) is 0. The molecule has 0 bridgehead atoms. The van der Waals surface area contributed by atoms with E-state index in [4.69, 9.17) is 4.74 Å². The van der Waals surface area contributed by atoms with Crippen molar-refractivity contribution in [3.8, 4) is 0 Å². The summed E-state index contributed by atoms with van der Waals surface area (Å²) < 4.78 is 5.10. The summed E-state index contributed by atoms with van der Waals surface area (Å²) in [6.45, 7) is 6.22. The minimum atomic E-state index is -0.184. The Kier molecular flexibility index (Phi) is 9.78. The number of ether oxygens (including phenoxy) is 1. The van der Waals surface area contributed by atoms with E-state index < -0.39 is 0 Å². The van der Waals surface area contributed by atoms with Crippen LogP contribution in [0.5, 0.6) is 0 Å². The van der Waals surface area contributed by atoms with Crippen molar-refractivity contribution in [3.63, 3.8) is 0 Å². The maximum atomic E-state index is 11.2. The van der Waals surface area contributed by atoms with Crippen LogP contribution in [0, 0.1) is 0 Å². The number of esters is 1. The molecule has 0 saturated heterocycles. The quantitative estimate of drug-likeness (QED) is 0.269. The summed E-state index contributed by atoms with van der Waals surface area (Å²) >= 11 is 0. The van der Waals surface area contributed by atoms with Crippen molar-refractivity contribution in [3.05, 3.63) is 23.8 Å². The number of rotatable bonds is 8. The van der Waals surface area contributed by atoms with E-state index in [9.17, 15) is 4.79 Å². The maximum absolute atomic E-state index is 11.2. The van der Waals surface area contributed by atoms with Gasteiger partial charge in [-0.3, -0.25) is 0 Å². The Balaban J connectivity index is 3.30. The summed E-state index contributed by atoms with van der Waals surface area (Å²) in [4.78, 5) is 11.2. The first-order valence-electron chi connectivity index (χ1n) is 6.13. The standard InChI is InChI=1S/C14H24O2/c1-4-6-7-8-9-10-11-12-16-14(15)13(3)5-2/h4-6H,7-12H2,1-3H3/b6-4+,13-5+. The van der Waals surface area contributed by atoms with Crippen molar-refractivity contribution in [2.24, 2.45) is 0 Å². The molecule has 0 radical (unpaired) electrons. The molecule has 0 aromatic rings. The molecule has 0 aliphatic heterocycles. The maximum Gasteiger partial charge on any atom is 0.333 e. The zero-order valence-electron chi connectivity index (χ0n) is 10.8. The minimum absolute atomic E-state index is 0.184. The highest BCUT2D eigenvalue weighted by Crippen LogP contribution is 2.05. The van der Waals surface area contributed by atoms with E-state index in [-0.39, 0.29) is 5.97 Å². The van der Waals surface area contributed by atoms with E-state index in [2.05, 4.69) is 12.2 Å². The third-order valence-corrected chi connectivity index (χ3v) is 2.49. The van der Waals surface area contributed by atoms with E-state index in [1.54, 1.807) is 13.0 Å². The lowest BCUT2D eigenvalue weighted by Gasteiger charge is -2.04. The van der Waals surface area contributed by atoms with Crippen LogP contribution in [0.15, 0.2) is 23.8 Å². The highest BCUT2D eigenvalue weighted by atomic mass is 16.5. The van der Waals surface area contributed by atoms with E-state index in [0.717, 1.165) is 19.3 Å². The van der Waals surface area contributed by atoms with Crippen LogP contribution in [-0.4, -0.2) is 12.6 Å². The number of hydrogen-bond acceptors (Lipinski definition) is 2. The topological polar surface area (TPSA) is 26.3 Å². The van der Waals surface area contributed by atoms with E-state index in [1.165, 1.54) is 12.8 Å². The number of carbonyl (C=O) groups is 1. The highest BCUT2D eigenvalue weighted by Gasteiger charge is 2.02. The second kappa shape index (κ2) is 10.5. The van der Waals surface area contributed by atoms with Gasteiger partial charge in [-0.2, -0.15) is 0 Å². The highest BCUT2D eigenvalue weighted by molar-refractivity contribution is 5.87. The Hall–Kier alpha value is -1.05. The van der Waals surface area contributed by atoms with Gasteiger partial charge in [0.2, 0.25) is 0 Å². The van der Waals surface area contributed by atoms with Gasteiger partial charge >= 0.3 is 5.97 Å². The Morgan fingerprint density at radius 2 is 1.81 bits per heavy atom. The van der Waals surface area contributed by atoms with Gasteiger partial charge in [-0.05, 0) is 40.0 Å². The van der Waals surface area contributed by atoms with Crippen LogP contribution < -0.4 is 0 Å². The van der Waals surface area contributed by atoms with Crippen LogP contribution in [0.3, 0.4) is 0 Å². The lowest BCUT2D eigenvalue weighted by Crippen LogP contribution is -2.06. The summed E-state index contributed by atoms with van der Waals surface area (Å²) in [7, 11) is 0. The predicted molar refractivity (Wildman–Crippen MR) is 68.3 cm³/mol. The number of unbranched alkanes of at least 4 members (excludes halogenated alkanes) is 4. The van der Waals surface area contributed by atoms with Crippen molar-refractivity contribution >= 4 is 5.97 Å². The molecule has 0 rings (SSSR count). The summed E-state index contributed by atoms with van der Waals surface area (Å²) in [5.74, 6) is -0.184. The first-order valence-corrected chi connectivity index (χ1v) is 6.13. The van der Waals surface area contributed by atoms with Crippen LogP contribution in [0.1, 0.15) is 52.9 Å². The molecular weight excluding hydrogens is 200 g/mol. The van der Waals surface area contributed by atoms with Crippen LogP contribution in [0.25, 0.3) is 0 Å². The zero-order chi connectivity index (χ0) is 12.2. The average Bonchev–Trinajstić information content (AvgIpc) is 2.31. The molecule has 0 amide bonds. The lowest BCUT2D eigenvalue weighted by molar-refractivity contribution is -0.139. The molecule has 2 nitrogen and oxygen atoms in total. The second-order valence-corrected chi connectivity index (χ2v) is 3.88. The predicted octanol–water partition coefficient (Wildman–Crippen LogP) is 4.02. The summed E-state index contributed by atoms with van der Waals surface area (Å²) in [6, 6.07) is 0. The van der Waals surface area contributed by atoms with Crippen LogP contribution >= 0.6 is 0 Å². The van der Waals surface area contributed by atoms with Crippen molar-refractivity contribution in [1.29, 1.82) is 0 Å². The van der Waals surface area contributed by atoms with Gasteiger partial charge in [-0.25, -0.2) is 4.79 Å². The first kappa shape index (κ1) is 14.9. The van der Waals surface area contributed by atoms with Gasteiger partial charge in [0, 0.05) is 5.57 Å². The Bertz CT molecular complexity index is 239. The normalized spacial score (nSPS) is 12.1. The first-order chi connectivity index (χ1) is 7.72. The number of allylic oxidation sites excluding steroid dienone is 3. The Morgan fingerprint density at radius 3 is 2.44 bits per heavy atom. The molecule has 0 heterocycles. The smallest absolute Gasteiger partial charge is 0.333 e. The summed E-state index contributed by atoms with van der Waals surface area (Å²) in [6.07, 6.45) is 11.8. The molecule has 0 aliphatic carbocycles. The molecule has 16 heavy (non-hydrogen) atoms. The fourth-order valence-electron chi connectivity index (χ4n) is 1.28. The molecule has 92 valence electrons. The average molecular weight is 224 g/mol. The fourth-order valence-corrected chi connectivity index (χ4v) is 1.28. The van der Waals surface area contributed by atoms with Gasteiger partial charge in [0.25, 0.3) is 0 Å². The second-order valence-electron chi connectivity index (χ2n) is 3.88. The molecule has 0 aromatic heterocycles. The van der Waals surface area contributed by atoms with Crippen molar-refractivity contribution in [2.75, 3.05) is 6.61 Å². The SMILES string of the molecule is C/C=C/CCCCCCOC(=O)/C(C)=C/C. The monoisotopic (exact) mass is 224 g/mol. The van der Waals surface area contributed by atoms with E-state index >= 15 is 0 Å². The van der Waals surface area contributed by atoms with Gasteiger partial charge < -0.3 is 4.74 Å². The Labute approximate surface area is 99.4 Å². The lowest BCUT2D eigenvalue weighted by atomic mass is 10.1.